The lowest BCUT2D eigenvalue weighted by Gasteiger charge is -2.26. The van der Waals surface area contributed by atoms with Gasteiger partial charge >= 0.3 is 0 Å². The zero-order valence-electron chi connectivity index (χ0n) is 13.6. The smallest absolute Gasteiger partial charge is 0.255 e. The Balaban J connectivity index is 1.90. The van der Waals surface area contributed by atoms with E-state index in [0.29, 0.717) is 18.9 Å². The van der Waals surface area contributed by atoms with Gasteiger partial charge in [-0.2, -0.15) is 4.31 Å². The van der Waals surface area contributed by atoms with Crippen LogP contribution in [0.1, 0.15) is 10.4 Å². The number of halogens is 2. The van der Waals surface area contributed by atoms with Crippen molar-refractivity contribution in [1.29, 1.82) is 0 Å². The first-order valence-electron chi connectivity index (χ1n) is 7.83. The Hall–Kier alpha value is -1.45. The highest BCUT2D eigenvalue weighted by molar-refractivity contribution is 9.10. The monoisotopic (exact) mass is 458 g/mol. The number of benzene rings is 2. The third kappa shape index (κ3) is 4.10. The largest absolute Gasteiger partial charge is 0.379 e. The third-order valence-electron chi connectivity index (χ3n) is 3.90. The van der Waals surface area contributed by atoms with Crippen LogP contribution in [0.15, 0.2) is 51.8 Å². The van der Waals surface area contributed by atoms with Crippen LogP contribution in [0, 0.1) is 0 Å². The van der Waals surface area contributed by atoms with Crippen LogP contribution in [0.5, 0.6) is 0 Å². The SMILES string of the molecule is O=C(Nc1ccccc1Br)c1ccc(Cl)c(S(=O)(=O)N2CCOCC2)c1. The number of rotatable bonds is 4. The molecule has 1 aliphatic heterocycles. The third-order valence-corrected chi connectivity index (χ3v) is 6.98. The standard InChI is InChI=1S/C17H16BrClN2O4S/c18-13-3-1-2-4-15(13)20-17(22)12-5-6-14(19)16(11-12)26(23,24)21-7-9-25-10-8-21/h1-6,11H,7-10H2,(H,20,22). The molecule has 0 saturated carbocycles. The second kappa shape index (κ2) is 8.06. The van der Waals surface area contributed by atoms with Crippen LogP contribution in [0.25, 0.3) is 0 Å². The molecule has 2 aromatic rings. The maximum Gasteiger partial charge on any atom is 0.255 e. The molecule has 9 heteroatoms. The molecule has 0 spiro atoms. The van der Waals surface area contributed by atoms with Gasteiger partial charge in [0.15, 0.2) is 0 Å². The summed E-state index contributed by atoms with van der Waals surface area (Å²) in [6.07, 6.45) is 0. The second-order valence-electron chi connectivity index (χ2n) is 5.60. The number of anilines is 1. The number of ether oxygens (including phenoxy) is 1. The molecule has 0 aliphatic carbocycles. The van der Waals surface area contributed by atoms with Crippen molar-refractivity contribution in [3.8, 4) is 0 Å². The molecule has 1 amide bonds. The van der Waals surface area contributed by atoms with Crippen LogP contribution < -0.4 is 5.32 Å². The zero-order valence-corrected chi connectivity index (χ0v) is 16.8. The van der Waals surface area contributed by atoms with E-state index in [4.69, 9.17) is 16.3 Å². The number of carbonyl (C=O) groups is 1. The summed E-state index contributed by atoms with van der Waals surface area (Å²) in [4.78, 5) is 12.4. The minimum atomic E-state index is -3.80. The molecule has 1 heterocycles. The van der Waals surface area contributed by atoms with Crippen LogP contribution >= 0.6 is 27.5 Å². The van der Waals surface area contributed by atoms with Crippen LogP contribution in [-0.2, 0) is 14.8 Å². The maximum absolute atomic E-state index is 12.8. The highest BCUT2D eigenvalue weighted by atomic mass is 79.9. The Morgan fingerprint density at radius 2 is 1.85 bits per heavy atom. The average molecular weight is 460 g/mol. The lowest BCUT2D eigenvalue weighted by molar-refractivity contribution is 0.0730. The fraction of sp³-hybridized carbons (Fsp3) is 0.235. The van der Waals surface area contributed by atoms with E-state index in [0.717, 1.165) is 4.47 Å². The lowest BCUT2D eigenvalue weighted by atomic mass is 10.2. The van der Waals surface area contributed by atoms with Gasteiger partial charge in [-0.15, -0.1) is 0 Å². The zero-order chi connectivity index (χ0) is 18.7. The van der Waals surface area contributed by atoms with Gasteiger partial charge in [0.25, 0.3) is 5.91 Å². The van der Waals surface area contributed by atoms with Crippen LogP contribution in [-0.4, -0.2) is 44.9 Å². The van der Waals surface area contributed by atoms with Crippen molar-refractivity contribution in [3.63, 3.8) is 0 Å². The topological polar surface area (TPSA) is 75.7 Å². The summed E-state index contributed by atoms with van der Waals surface area (Å²) in [7, 11) is -3.80. The highest BCUT2D eigenvalue weighted by Gasteiger charge is 2.29. The molecule has 1 N–H and O–H groups in total. The van der Waals surface area contributed by atoms with Gasteiger partial charge in [-0.1, -0.05) is 23.7 Å². The summed E-state index contributed by atoms with van der Waals surface area (Å²) in [6.45, 7) is 1.18. The van der Waals surface area contributed by atoms with Crippen molar-refractivity contribution in [3.05, 3.63) is 57.5 Å². The van der Waals surface area contributed by atoms with Crippen molar-refractivity contribution in [2.75, 3.05) is 31.6 Å². The van der Waals surface area contributed by atoms with Gasteiger partial charge in [0, 0.05) is 23.1 Å². The number of nitrogens with one attached hydrogen (secondary N) is 1. The number of hydrogen-bond acceptors (Lipinski definition) is 4. The minimum absolute atomic E-state index is 0.0777. The number of morpholine rings is 1. The number of para-hydroxylation sites is 1. The summed E-state index contributed by atoms with van der Waals surface area (Å²) in [5, 5.41) is 2.82. The summed E-state index contributed by atoms with van der Waals surface area (Å²) in [5.41, 5.74) is 0.794. The molecule has 0 radical (unpaired) electrons. The predicted molar refractivity (Wildman–Crippen MR) is 103 cm³/mol. The lowest BCUT2D eigenvalue weighted by Crippen LogP contribution is -2.40. The number of sulfonamides is 1. The number of hydrogen-bond donors (Lipinski definition) is 1. The van der Waals surface area contributed by atoms with Crippen LogP contribution in [0.3, 0.4) is 0 Å². The van der Waals surface area contributed by atoms with Crippen molar-refractivity contribution < 1.29 is 17.9 Å². The average Bonchev–Trinajstić information content (AvgIpc) is 2.64. The molecule has 1 fully saturated rings. The van der Waals surface area contributed by atoms with E-state index in [1.54, 1.807) is 18.2 Å². The Morgan fingerprint density at radius 3 is 2.54 bits per heavy atom. The van der Waals surface area contributed by atoms with E-state index in [1.807, 2.05) is 6.07 Å². The van der Waals surface area contributed by atoms with Crippen molar-refractivity contribution >= 4 is 49.1 Å². The quantitative estimate of drug-likeness (QED) is 0.760. The predicted octanol–water partition coefficient (Wildman–Crippen LogP) is 3.38. The molecule has 138 valence electrons. The number of amides is 1. The van der Waals surface area contributed by atoms with E-state index in [9.17, 15) is 13.2 Å². The molecule has 3 rings (SSSR count). The minimum Gasteiger partial charge on any atom is -0.379 e. The first-order valence-corrected chi connectivity index (χ1v) is 10.4. The molecule has 26 heavy (non-hydrogen) atoms. The summed E-state index contributed by atoms with van der Waals surface area (Å²) in [6, 6.07) is 11.4. The molecule has 6 nitrogen and oxygen atoms in total. The van der Waals surface area contributed by atoms with Crippen molar-refractivity contribution in [2.24, 2.45) is 0 Å². The van der Waals surface area contributed by atoms with Gasteiger partial charge in [0.1, 0.15) is 4.90 Å². The Morgan fingerprint density at radius 1 is 1.15 bits per heavy atom. The molecule has 0 unspecified atom stereocenters. The molecular formula is C17H16BrClN2O4S. The normalized spacial score (nSPS) is 15.6. The highest BCUT2D eigenvalue weighted by Crippen LogP contribution is 2.27. The fourth-order valence-electron chi connectivity index (χ4n) is 2.53. The van der Waals surface area contributed by atoms with E-state index in [2.05, 4.69) is 21.2 Å². The molecule has 0 bridgehead atoms. The molecule has 1 aliphatic rings. The van der Waals surface area contributed by atoms with E-state index < -0.39 is 15.9 Å². The Bertz CT molecular complexity index is 930. The molecule has 1 saturated heterocycles. The van der Waals surface area contributed by atoms with Crippen molar-refractivity contribution in [1.82, 2.24) is 4.31 Å². The summed E-state index contributed by atoms with van der Waals surface area (Å²) < 4.78 is 32.9. The molecule has 0 aromatic heterocycles. The van der Waals surface area contributed by atoms with Gasteiger partial charge in [0.2, 0.25) is 10.0 Å². The Labute approximate surface area is 165 Å². The van der Waals surface area contributed by atoms with Gasteiger partial charge in [0.05, 0.1) is 23.9 Å². The van der Waals surface area contributed by atoms with Crippen LogP contribution in [0.4, 0.5) is 5.69 Å². The van der Waals surface area contributed by atoms with Gasteiger partial charge in [-0.05, 0) is 46.3 Å². The molecule has 0 atom stereocenters. The van der Waals surface area contributed by atoms with E-state index >= 15 is 0 Å². The first-order chi connectivity index (χ1) is 12.4. The van der Waals surface area contributed by atoms with Crippen molar-refractivity contribution in [2.45, 2.75) is 4.90 Å². The van der Waals surface area contributed by atoms with E-state index in [1.165, 1.54) is 22.5 Å². The summed E-state index contributed by atoms with van der Waals surface area (Å²) in [5.74, 6) is -0.424. The Kier molecular flexibility index (Phi) is 5.99. The molecular weight excluding hydrogens is 444 g/mol. The second-order valence-corrected chi connectivity index (χ2v) is 8.76. The molecule has 2 aromatic carbocycles. The van der Waals surface area contributed by atoms with Gasteiger partial charge in [-0.3, -0.25) is 4.79 Å². The number of nitrogens with zero attached hydrogens (tertiary/aromatic N) is 1. The fourth-order valence-corrected chi connectivity index (χ4v) is 4.82. The van der Waals surface area contributed by atoms with E-state index in [-0.39, 0.29) is 28.6 Å². The van der Waals surface area contributed by atoms with Crippen LogP contribution in [0.2, 0.25) is 5.02 Å². The van der Waals surface area contributed by atoms with Gasteiger partial charge in [-0.25, -0.2) is 8.42 Å². The number of carbonyl (C=O) groups excluding carboxylic acids is 1. The first kappa shape index (κ1) is 19.3. The summed E-state index contributed by atoms with van der Waals surface area (Å²) >= 11 is 9.47. The van der Waals surface area contributed by atoms with Gasteiger partial charge < -0.3 is 10.1 Å². The maximum atomic E-state index is 12.8.